The average molecular weight is 192 g/mol. The molecule has 1 N–H and O–H groups in total. The molecule has 2 heterocycles. The van der Waals surface area contributed by atoms with E-state index in [-0.39, 0.29) is 6.61 Å². The normalized spacial score (nSPS) is 10.6. The molecule has 74 valence electrons. The number of hydrogen-bond donors (Lipinski definition) is 1. The third-order valence-electron chi connectivity index (χ3n) is 2.00. The highest BCUT2D eigenvalue weighted by atomic mass is 16.3. The number of aliphatic hydroxyl groups is 1. The summed E-state index contributed by atoms with van der Waals surface area (Å²) in [6.45, 7) is 1.62. The van der Waals surface area contributed by atoms with Gasteiger partial charge in [-0.2, -0.15) is 5.10 Å². The van der Waals surface area contributed by atoms with Crippen LogP contribution in [-0.4, -0.2) is 24.4 Å². The first-order valence-electron chi connectivity index (χ1n) is 4.47. The first kappa shape index (κ1) is 8.96. The van der Waals surface area contributed by atoms with Crippen LogP contribution in [0, 0.1) is 0 Å². The Hall–Kier alpha value is -1.62. The molecule has 0 bridgehead atoms. The molecule has 5 heteroatoms. The van der Waals surface area contributed by atoms with Gasteiger partial charge in [0.15, 0.2) is 0 Å². The lowest BCUT2D eigenvalue weighted by Gasteiger charge is -2.01. The Balaban J connectivity index is 1.92. The van der Waals surface area contributed by atoms with Crippen LogP contribution in [0.1, 0.15) is 5.69 Å². The molecule has 5 nitrogen and oxygen atoms in total. The molecule has 0 atom stereocenters. The minimum atomic E-state index is -0.00519. The number of aromatic nitrogens is 4. The Labute approximate surface area is 81.6 Å². The first-order valence-corrected chi connectivity index (χ1v) is 4.47. The van der Waals surface area contributed by atoms with Crippen molar-refractivity contribution < 1.29 is 5.11 Å². The number of imidazole rings is 1. The lowest BCUT2D eigenvalue weighted by molar-refractivity contribution is 0.277. The number of hydrogen-bond acceptors (Lipinski definition) is 3. The van der Waals surface area contributed by atoms with Gasteiger partial charge in [0, 0.05) is 25.1 Å². The molecule has 14 heavy (non-hydrogen) atoms. The van der Waals surface area contributed by atoms with Crippen LogP contribution in [0.5, 0.6) is 0 Å². The Kier molecular flexibility index (Phi) is 2.60. The average Bonchev–Trinajstić information content (AvgIpc) is 2.86. The molecule has 2 aromatic rings. The predicted molar refractivity (Wildman–Crippen MR) is 50.4 cm³/mol. The highest BCUT2D eigenvalue weighted by Gasteiger charge is 1.96. The Morgan fingerprint density at radius 2 is 2.29 bits per heavy atom. The van der Waals surface area contributed by atoms with Gasteiger partial charge in [-0.05, 0) is 6.07 Å². The van der Waals surface area contributed by atoms with Crippen molar-refractivity contribution in [3.8, 4) is 0 Å². The molecule has 0 saturated heterocycles. The SMILES string of the molecule is OCc1cn(CCn2cccn2)cn1. The van der Waals surface area contributed by atoms with E-state index in [0.717, 1.165) is 13.1 Å². The number of nitrogens with zero attached hydrogens (tertiary/aromatic N) is 4. The summed E-state index contributed by atoms with van der Waals surface area (Å²) in [7, 11) is 0. The highest BCUT2D eigenvalue weighted by Crippen LogP contribution is 1.96. The summed E-state index contributed by atoms with van der Waals surface area (Å²) < 4.78 is 3.80. The van der Waals surface area contributed by atoms with Crippen molar-refractivity contribution in [3.63, 3.8) is 0 Å². The second-order valence-electron chi connectivity index (χ2n) is 3.03. The van der Waals surface area contributed by atoms with Crippen molar-refractivity contribution in [2.75, 3.05) is 0 Å². The molecule has 0 spiro atoms. The van der Waals surface area contributed by atoms with E-state index in [4.69, 9.17) is 5.11 Å². The van der Waals surface area contributed by atoms with E-state index in [1.54, 1.807) is 12.5 Å². The van der Waals surface area contributed by atoms with E-state index in [9.17, 15) is 0 Å². The van der Waals surface area contributed by atoms with Gasteiger partial charge in [-0.1, -0.05) is 0 Å². The van der Waals surface area contributed by atoms with Crippen LogP contribution in [0.15, 0.2) is 31.0 Å². The summed E-state index contributed by atoms with van der Waals surface area (Å²) >= 11 is 0. The van der Waals surface area contributed by atoms with Crippen molar-refractivity contribution >= 4 is 0 Å². The topological polar surface area (TPSA) is 55.9 Å². The molecule has 0 unspecified atom stereocenters. The number of aliphatic hydroxyl groups excluding tert-OH is 1. The Morgan fingerprint density at radius 3 is 2.93 bits per heavy atom. The second kappa shape index (κ2) is 4.06. The highest BCUT2D eigenvalue weighted by molar-refractivity contribution is 4.94. The van der Waals surface area contributed by atoms with Crippen molar-refractivity contribution in [2.45, 2.75) is 19.7 Å². The summed E-state index contributed by atoms with van der Waals surface area (Å²) in [5.74, 6) is 0. The third-order valence-corrected chi connectivity index (χ3v) is 2.00. The van der Waals surface area contributed by atoms with E-state index in [0.29, 0.717) is 5.69 Å². The zero-order valence-corrected chi connectivity index (χ0v) is 7.74. The van der Waals surface area contributed by atoms with Crippen LogP contribution in [-0.2, 0) is 19.7 Å². The van der Waals surface area contributed by atoms with E-state index in [1.807, 2.05) is 27.7 Å². The van der Waals surface area contributed by atoms with Crippen molar-refractivity contribution in [2.24, 2.45) is 0 Å². The number of rotatable bonds is 4. The van der Waals surface area contributed by atoms with Gasteiger partial charge in [-0.25, -0.2) is 4.98 Å². The van der Waals surface area contributed by atoms with Crippen molar-refractivity contribution in [1.82, 2.24) is 19.3 Å². The molecule has 0 radical (unpaired) electrons. The first-order chi connectivity index (χ1) is 6.88. The Morgan fingerprint density at radius 1 is 1.36 bits per heavy atom. The molecule has 2 rings (SSSR count). The van der Waals surface area contributed by atoms with Crippen molar-refractivity contribution in [1.29, 1.82) is 0 Å². The van der Waals surface area contributed by atoms with Crippen LogP contribution in [0.25, 0.3) is 0 Å². The molecule has 0 aliphatic rings. The fraction of sp³-hybridized carbons (Fsp3) is 0.333. The number of aryl methyl sites for hydroxylation is 2. The molecule has 0 aromatic carbocycles. The predicted octanol–water partition coefficient (Wildman–Crippen LogP) is 0.272. The van der Waals surface area contributed by atoms with Gasteiger partial charge in [0.2, 0.25) is 0 Å². The van der Waals surface area contributed by atoms with Gasteiger partial charge in [-0.15, -0.1) is 0 Å². The van der Waals surface area contributed by atoms with E-state index >= 15 is 0 Å². The zero-order valence-electron chi connectivity index (χ0n) is 7.74. The summed E-state index contributed by atoms with van der Waals surface area (Å²) in [5, 5.41) is 12.9. The van der Waals surface area contributed by atoms with E-state index in [2.05, 4.69) is 10.1 Å². The minimum absolute atomic E-state index is 0.00519. The molecule has 0 aliphatic carbocycles. The fourth-order valence-corrected chi connectivity index (χ4v) is 1.26. The van der Waals surface area contributed by atoms with Gasteiger partial charge in [0.1, 0.15) is 0 Å². The summed E-state index contributed by atoms with van der Waals surface area (Å²) in [5.41, 5.74) is 0.700. The zero-order chi connectivity index (χ0) is 9.80. The maximum absolute atomic E-state index is 8.81. The molecule has 0 fully saturated rings. The molecule has 0 saturated carbocycles. The maximum atomic E-state index is 8.81. The monoisotopic (exact) mass is 192 g/mol. The minimum Gasteiger partial charge on any atom is -0.390 e. The van der Waals surface area contributed by atoms with Gasteiger partial charge in [-0.3, -0.25) is 4.68 Å². The summed E-state index contributed by atoms with van der Waals surface area (Å²) in [4.78, 5) is 4.02. The van der Waals surface area contributed by atoms with Gasteiger partial charge in [0.05, 0.1) is 25.2 Å². The second-order valence-corrected chi connectivity index (χ2v) is 3.03. The standard InChI is InChI=1S/C9H12N4O/c14-7-9-6-12(8-10-9)4-5-13-3-1-2-11-13/h1-3,6,8,14H,4-5,7H2. The maximum Gasteiger partial charge on any atom is 0.0951 e. The third kappa shape index (κ3) is 2.00. The molecule has 2 aromatic heterocycles. The van der Waals surface area contributed by atoms with Crippen LogP contribution < -0.4 is 0 Å². The largest absolute Gasteiger partial charge is 0.390 e. The molecular formula is C9H12N4O. The van der Waals surface area contributed by atoms with Crippen LogP contribution in [0.2, 0.25) is 0 Å². The van der Waals surface area contributed by atoms with Gasteiger partial charge in [0.25, 0.3) is 0 Å². The molecular weight excluding hydrogens is 180 g/mol. The van der Waals surface area contributed by atoms with Crippen LogP contribution in [0.4, 0.5) is 0 Å². The fourth-order valence-electron chi connectivity index (χ4n) is 1.26. The van der Waals surface area contributed by atoms with Crippen LogP contribution >= 0.6 is 0 Å². The Bertz CT molecular complexity index is 379. The molecule has 0 aliphatic heterocycles. The lowest BCUT2D eigenvalue weighted by Crippen LogP contribution is -2.05. The molecule has 0 amide bonds. The van der Waals surface area contributed by atoms with Gasteiger partial charge >= 0.3 is 0 Å². The van der Waals surface area contributed by atoms with E-state index < -0.39 is 0 Å². The quantitative estimate of drug-likeness (QED) is 0.756. The van der Waals surface area contributed by atoms with Crippen molar-refractivity contribution in [3.05, 3.63) is 36.7 Å². The van der Waals surface area contributed by atoms with E-state index in [1.165, 1.54) is 0 Å². The summed E-state index contributed by atoms with van der Waals surface area (Å²) in [6.07, 6.45) is 7.23. The lowest BCUT2D eigenvalue weighted by atomic mass is 10.5. The smallest absolute Gasteiger partial charge is 0.0951 e. The van der Waals surface area contributed by atoms with Gasteiger partial charge < -0.3 is 9.67 Å². The van der Waals surface area contributed by atoms with Crippen LogP contribution in [0.3, 0.4) is 0 Å². The summed E-state index contributed by atoms with van der Waals surface area (Å²) in [6, 6.07) is 1.90.